The maximum absolute atomic E-state index is 11.9. The third-order valence-corrected chi connectivity index (χ3v) is 2.42. The van der Waals surface area contributed by atoms with E-state index in [1.807, 2.05) is 0 Å². The molecule has 0 aliphatic carbocycles. The first-order chi connectivity index (χ1) is 9.49. The summed E-state index contributed by atoms with van der Waals surface area (Å²) in [6.45, 7) is 8.95. The molecule has 0 aromatic carbocycles. The Morgan fingerprint density at radius 1 is 1.05 bits per heavy atom. The Kier molecular flexibility index (Phi) is 7.05. The molecule has 7 heteroatoms. The van der Waals surface area contributed by atoms with Crippen LogP contribution >= 0.6 is 0 Å². The quantitative estimate of drug-likeness (QED) is 0.585. The van der Waals surface area contributed by atoms with Gasteiger partial charge in [-0.25, -0.2) is 9.59 Å². The van der Waals surface area contributed by atoms with Gasteiger partial charge in [-0.15, -0.1) is 0 Å². The molecule has 0 aromatic rings. The zero-order valence-electron chi connectivity index (χ0n) is 13.3. The highest BCUT2D eigenvalue weighted by Crippen LogP contribution is 2.12. The van der Waals surface area contributed by atoms with Gasteiger partial charge in [0.1, 0.15) is 29.1 Å². The molecule has 0 aliphatic rings. The molecule has 0 aliphatic heterocycles. The first-order valence-electron chi connectivity index (χ1n) is 6.66. The lowest BCUT2D eigenvalue weighted by molar-refractivity contribution is -0.151. The van der Waals surface area contributed by atoms with E-state index in [0.717, 1.165) is 0 Å². The van der Waals surface area contributed by atoms with Crippen LogP contribution in [0.5, 0.6) is 0 Å². The van der Waals surface area contributed by atoms with Gasteiger partial charge < -0.3 is 14.8 Å². The van der Waals surface area contributed by atoms with Crippen LogP contribution < -0.4 is 5.32 Å². The molecule has 7 nitrogen and oxygen atoms in total. The first kappa shape index (κ1) is 19.1. The molecule has 1 amide bonds. The minimum Gasteiger partial charge on any atom is -0.464 e. The maximum atomic E-state index is 11.9. The van der Waals surface area contributed by atoms with Gasteiger partial charge in [-0.1, -0.05) is 0 Å². The molecule has 120 valence electrons. The zero-order valence-corrected chi connectivity index (χ0v) is 13.3. The molecule has 0 fully saturated rings. The fraction of sp³-hybridized carbons (Fsp3) is 0.714. The van der Waals surface area contributed by atoms with Crippen LogP contribution in [0.3, 0.4) is 0 Å². The Hall–Kier alpha value is -1.92. The zero-order chi connectivity index (χ0) is 16.8. The Labute approximate surface area is 124 Å². The van der Waals surface area contributed by atoms with Crippen LogP contribution in [-0.2, 0) is 23.9 Å². The molecule has 0 bridgehead atoms. The molecule has 0 saturated carbocycles. The molecule has 21 heavy (non-hydrogen) atoms. The maximum Gasteiger partial charge on any atom is 0.408 e. The number of alkyl carbamates (subject to hydrolysis) is 1. The Balaban J connectivity index is 5.23. The van der Waals surface area contributed by atoms with Crippen molar-refractivity contribution in [1.29, 1.82) is 0 Å². The SMILES string of the molecule is CCOC(=O)C(NC(=O)OC(C)(C)C)C(C(C)=O)C(C)=O. The minimum absolute atomic E-state index is 0.0634. The van der Waals surface area contributed by atoms with Gasteiger partial charge in [-0.2, -0.15) is 0 Å². The average Bonchev–Trinajstić information content (AvgIpc) is 2.24. The van der Waals surface area contributed by atoms with E-state index < -0.39 is 41.2 Å². The van der Waals surface area contributed by atoms with E-state index in [0.29, 0.717) is 0 Å². The second-order valence-electron chi connectivity index (χ2n) is 5.57. The number of carbonyl (C=O) groups is 4. The highest BCUT2D eigenvalue weighted by atomic mass is 16.6. The smallest absolute Gasteiger partial charge is 0.408 e. The van der Waals surface area contributed by atoms with Crippen molar-refractivity contribution in [1.82, 2.24) is 5.32 Å². The number of amides is 1. The van der Waals surface area contributed by atoms with Gasteiger partial charge in [0, 0.05) is 0 Å². The van der Waals surface area contributed by atoms with Gasteiger partial charge in [0.15, 0.2) is 0 Å². The molecule has 1 atom stereocenters. The summed E-state index contributed by atoms with van der Waals surface area (Å²) in [6, 6.07) is -1.39. The number of ether oxygens (including phenoxy) is 2. The number of nitrogens with one attached hydrogen (secondary N) is 1. The van der Waals surface area contributed by atoms with Crippen molar-refractivity contribution < 1.29 is 28.7 Å². The average molecular weight is 301 g/mol. The summed E-state index contributed by atoms with van der Waals surface area (Å²) >= 11 is 0. The standard InChI is InChI=1S/C14H23NO6/c1-7-20-12(18)11(10(8(2)16)9(3)17)15-13(19)21-14(4,5)6/h10-11H,7H2,1-6H3,(H,15,19). The number of esters is 1. The van der Waals surface area contributed by atoms with Gasteiger partial charge >= 0.3 is 12.1 Å². The van der Waals surface area contributed by atoms with E-state index in [9.17, 15) is 19.2 Å². The third-order valence-electron chi connectivity index (χ3n) is 2.42. The summed E-state index contributed by atoms with van der Waals surface area (Å²) in [5.74, 6) is -3.21. The van der Waals surface area contributed by atoms with Gasteiger partial charge in [0.05, 0.1) is 6.61 Å². The van der Waals surface area contributed by atoms with E-state index in [4.69, 9.17) is 9.47 Å². The molecular weight excluding hydrogens is 278 g/mol. The van der Waals surface area contributed by atoms with E-state index in [1.54, 1.807) is 27.7 Å². The Bertz CT molecular complexity index is 410. The number of carbonyl (C=O) groups excluding carboxylic acids is 4. The van der Waals surface area contributed by atoms with Crippen molar-refractivity contribution in [2.75, 3.05) is 6.61 Å². The summed E-state index contributed by atoms with van der Waals surface area (Å²) < 4.78 is 9.83. The molecule has 0 spiro atoms. The van der Waals surface area contributed by atoms with Gasteiger partial charge in [0.2, 0.25) is 0 Å². The molecule has 0 rings (SSSR count). The normalized spacial score (nSPS) is 12.5. The Morgan fingerprint density at radius 2 is 1.52 bits per heavy atom. The molecule has 0 saturated heterocycles. The van der Waals surface area contributed by atoms with E-state index in [1.165, 1.54) is 13.8 Å². The van der Waals surface area contributed by atoms with Crippen molar-refractivity contribution in [3.8, 4) is 0 Å². The summed E-state index contributed by atoms with van der Waals surface area (Å²) in [7, 11) is 0. The molecule has 1 unspecified atom stereocenters. The fourth-order valence-corrected chi connectivity index (χ4v) is 1.70. The lowest BCUT2D eigenvalue weighted by atomic mass is 9.92. The predicted molar refractivity (Wildman–Crippen MR) is 74.6 cm³/mol. The molecular formula is C14H23NO6. The van der Waals surface area contributed by atoms with Crippen LogP contribution in [0.4, 0.5) is 4.79 Å². The van der Waals surface area contributed by atoms with Crippen molar-refractivity contribution in [2.24, 2.45) is 5.92 Å². The van der Waals surface area contributed by atoms with E-state index >= 15 is 0 Å². The van der Waals surface area contributed by atoms with Crippen LogP contribution in [-0.4, -0.2) is 41.9 Å². The number of hydrogen-bond donors (Lipinski definition) is 1. The molecule has 0 radical (unpaired) electrons. The summed E-state index contributed by atoms with van der Waals surface area (Å²) in [5, 5.41) is 2.24. The van der Waals surface area contributed by atoms with Gasteiger partial charge in [-0.05, 0) is 41.5 Å². The minimum atomic E-state index is -1.39. The molecule has 0 heterocycles. The van der Waals surface area contributed by atoms with Crippen molar-refractivity contribution in [2.45, 2.75) is 53.2 Å². The highest BCUT2D eigenvalue weighted by Gasteiger charge is 2.38. The van der Waals surface area contributed by atoms with Crippen LogP contribution in [0, 0.1) is 5.92 Å². The van der Waals surface area contributed by atoms with Crippen LogP contribution in [0.25, 0.3) is 0 Å². The lowest BCUT2D eigenvalue weighted by Crippen LogP contribution is -2.52. The second kappa shape index (κ2) is 7.75. The van der Waals surface area contributed by atoms with Gasteiger partial charge in [-0.3, -0.25) is 9.59 Å². The van der Waals surface area contributed by atoms with Crippen LogP contribution in [0.15, 0.2) is 0 Å². The Morgan fingerprint density at radius 3 is 1.86 bits per heavy atom. The van der Waals surface area contributed by atoms with Crippen LogP contribution in [0.1, 0.15) is 41.5 Å². The molecule has 0 aromatic heterocycles. The topological polar surface area (TPSA) is 98.8 Å². The monoisotopic (exact) mass is 301 g/mol. The molecule has 1 N–H and O–H groups in total. The summed E-state index contributed by atoms with van der Waals surface area (Å²) in [5.41, 5.74) is -0.773. The van der Waals surface area contributed by atoms with Crippen molar-refractivity contribution in [3.63, 3.8) is 0 Å². The van der Waals surface area contributed by atoms with Crippen LogP contribution in [0.2, 0.25) is 0 Å². The van der Waals surface area contributed by atoms with E-state index in [2.05, 4.69) is 5.32 Å². The number of hydrogen-bond acceptors (Lipinski definition) is 6. The number of ketones is 2. The summed E-state index contributed by atoms with van der Waals surface area (Å²) in [4.78, 5) is 46.8. The van der Waals surface area contributed by atoms with Crippen molar-refractivity contribution in [3.05, 3.63) is 0 Å². The fourth-order valence-electron chi connectivity index (χ4n) is 1.70. The highest BCUT2D eigenvalue weighted by molar-refractivity contribution is 6.05. The van der Waals surface area contributed by atoms with E-state index in [-0.39, 0.29) is 6.61 Å². The van der Waals surface area contributed by atoms with Crippen molar-refractivity contribution >= 4 is 23.6 Å². The first-order valence-corrected chi connectivity index (χ1v) is 6.66. The second-order valence-corrected chi connectivity index (χ2v) is 5.57. The largest absolute Gasteiger partial charge is 0.464 e. The summed E-state index contributed by atoms with van der Waals surface area (Å²) in [6.07, 6.45) is -0.895. The number of rotatable bonds is 6. The third kappa shape index (κ3) is 6.87. The van der Waals surface area contributed by atoms with Gasteiger partial charge in [0.25, 0.3) is 0 Å². The predicted octanol–water partition coefficient (Wildman–Crippen LogP) is 1.24. The lowest BCUT2D eigenvalue weighted by Gasteiger charge is -2.25. The number of Topliss-reactive ketones (excluding diaryl/α,β-unsaturated/α-hetero) is 2.